The zero-order valence-corrected chi connectivity index (χ0v) is 13.4. The Balaban J connectivity index is 1.81. The highest BCUT2D eigenvalue weighted by molar-refractivity contribution is 9.10. The molecule has 21 heavy (non-hydrogen) atoms. The Morgan fingerprint density at radius 3 is 3.00 bits per heavy atom. The molecule has 0 spiro atoms. The minimum atomic E-state index is 0.486. The number of benzene rings is 1. The first kappa shape index (κ1) is 14.1. The first-order valence-corrected chi connectivity index (χ1v) is 7.76. The van der Waals surface area contributed by atoms with Crippen molar-refractivity contribution in [2.45, 2.75) is 26.3 Å². The minimum absolute atomic E-state index is 0.486. The molecule has 0 fully saturated rings. The third-order valence-electron chi connectivity index (χ3n) is 3.39. The monoisotopic (exact) mass is 348 g/mol. The fourth-order valence-corrected chi connectivity index (χ4v) is 2.98. The molecule has 2 aromatic rings. The minimum Gasteiger partial charge on any atom is -0.493 e. The van der Waals surface area contributed by atoms with Gasteiger partial charge in [0.05, 0.1) is 6.61 Å². The molecular weight excluding hydrogens is 332 g/mol. The maximum atomic E-state index is 5.79. The molecule has 2 heterocycles. The van der Waals surface area contributed by atoms with Gasteiger partial charge in [0.15, 0.2) is 0 Å². The highest BCUT2D eigenvalue weighted by Gasteiger charge is 2.17. The first-order valence-electron chi connectivity index (χ1n) is 6.97. The molecule has 0 aliphatic carbocycles. The van der Waals surface area contributed by atoms with E-state index in [1.54, 1.807) is 6.07 Å². The van der Waals surface area contributed by atoms with Gasteiger partial charge in [-0.05, 0) is 17.7 Å². The molecule has 0 amide bonds. The van der Waals surface area contributed by atoms with E-state index in [9.17, 15) is 0 Å². The number of anilines is 2. The molecule has 0 bridgehead atoms. The van der Waals surface area contributed by atoms with Crippen molar-refractivity contribution >= 4 is 27.6 Å². The number of aromatic nitrogens is 2. The van der Waals surface area contributed by atoms with Crippen LogP contribution in [0.2, 0.25) is 0 Å². The fraction of sp³-hybridized carbons (Fsp3) is 0.333. The summed E-state index contributed by atoms with van der Waals surface area (Å²) < 4.78 is 6.79. The van der Waals surface area contributed by atoms with Gasteiger partial charge in [-0.3, -0.25) is 0 Å². The molecule has 0 unspecified atom stereocenters. The summed E-state index contributed by atoms with van der Waals surface area (Å²) in [6, 6.07) is 5.93. The predicted molar refractivity (Wildman–Crippen MR) is 86.5 cm³/mol. The number of halogens is 1. The van der Waals surface area contributed by atoms with Crippen LogP contribution < -0.4 is 15.8 Å². The molecule has 1 aromatic carbocycles. The number of aryl methyl sites for hydroxylation is 1. The second kappa shape index (κ2) is 5.89. The van der Waals surface area contributed by atoms with Gasteiger partial charge >= 0.3 is 0 Å². The molecule has 110 valence electrons. The van der Waals surface area contributed by atoms with Crippen LogP contribution in [0.3, 0.4) is 0 Å². The maximum absolute atomic E-state index is 5.79. The Bertz CT molecular complexity index is 675. The number of fused-ring (bicyclic) bond motifs is 1. The van der Waals surface area contributed by atoms with Crippen LogP contribution in [-0.2, 0) is 19.4 Å². The van der Waals surface area contributed by atoms with Crippen LogP contribution in [0.4, 0.5) is 11.6 Å². The zero-order chi connectivity index (χ0) is 14.8. The Morgan fingerprint density at radius 2 is 2.19 bits per heavy atom. The molecule has 1 aliphatic heterocycles. The number of hydrogen-bond acceptors (Lipinski definition) is 5. The summed E-state index contributed by atoms with van der Waals surface area (Å²) in [4.78, 5) is 8.60. The van der Waals surface area contributed by atoms with E-state index in [-0.39, 0.29) is 0 Å². The standard InChI is InChI=1S/C15H17BrN4O/c1-2-13-19-12(17)7-14(20-13)18-8-10-6-11(16)5-9-3-4-21-15(9)10/h5-7H,2-4,8H2,1H3,(H3,17,18,19,20). The highest BCUT2D eigenvalue weighted by atomic mass is 79.9. The lowest BCUT2D eigenvalue weighted by atomic mass is 10.1. The third kappa shape index (κ3) is 3.10. The average molecular weight is 349 g/mol. The van der Waals surface area contributed by atoms with Gasteiger partial charge in [-0.2, -0.15) is 0 Å². The molecule has 5 nitrogen and oxygen atoms in total. The number of nitrogens with two attached hydrogens (primary N) is 1. The zero-order valence-electron chi connectivity index (χ0n) is 11.8. The van der Waals surface area contributed by atoms with Crippen LogP contribution in [0.1, 0.15) is 23.9 Å². The molecule has 3 rings (SSSR count). The van der Waals surface area contributed by atoms with E-state index in [1.165, 1.54) is 5.56 Å². The second-order valence-electron chi connectivity index (χ2n) is 4.95. The second-order valence-corrected chi connectivity index (χ2v) is 5.87. The summed E-state index contributed by atoms with van der Waals surface area (Å²) in [6.45, 7) is 3.40. The number of ether oxygens (including phenoxy) is 1. The van der Waals surface area contributed by atoms with Gasteiger partial charge in [-0.15, -0.1) is 0 Å². The summed E-state index contributed by atoms with van der Waals surface area (Å²) in [5.74, 6) is 2.96. The van der Waals surface area contributed by atoms with Gasteiger partial charge in [0, 0.05) is 35.5 Å². The third-order valence-corrected chi connectivity index (χ3v) is 3.85. The number of hydrogen-bond donors (Lipinski definition) is 2. The van der Waals surface area contributed by atoms with Crippen molar-refractivity contribution in [3.63, 3.8) is 0 Å². The van der Waals surface area contributed by atoms with Crippen molar-refractivity contribution in [2.75, 3.05) is 17.7 Å². The van der Waals surface area contributed by atoms with Gasteiger partial charge in [-0.25, -0.2) is 9.97 Å². The lowest BCUT2D eigenvalue weighted by Gasteiger charge is -2.11. The molecule has 0 saturated carbocycles. The molecule has 0 saturated heterocycles. The van der Waals surface area contributed by atoms with Crippen molar-refractivity contribution in [2.24, 2.45) is 0 Å². The van der Waals surface area contributed by atoms with Crippen molar-refractivity contribution in [1.82, 2.24) is 9.97 Å². The molecule has 0 atom stereocenters. The summed E-state index contributed by atoms with van der Waals surface area (Å²) in [6.07, 6.45) is 1.72. The van der Waals surface area contributed by atoms with Crippen LogP contribution in [-0.4, -0.2) is 16.6 Å². The van der Waals surface area contributed by atoms with E-state index < -0.39 is 0 Å². The van der Waals surface area contributed by atoms with E-state index in [2.05, 4.69) is 43.3 Å². The summed E-state index contributed by atoms with van der Waals surface area (Å²) in [7, 11) is 0. The largest absolute Gasteiger partial charge is 0.493 e. The van der Waals surface area contributed by atoms with Crippen molar-refractivity contribution < 1.29 is 4.74 Å². The van der Waals surface area contributed by atoms with E-state index in [1.807, 2.05) is 6.92 Å². The van der Waals surface area contributed by atoms with Crippen LogP contribution in [0.5, 0.6) is 5.75 Å². The smallest absolute Gasteiger partial charge is 0.132 e. The SMILES string of the molecule is CCc1nc(N)cc(NCc2cc(Br)cc3c2OCC3)n1. The number of nitrogens with zero attached hydrogens (tertiary/aromatic N) is 2. The highest BCUT2D eigenvalue weighted by Crippen LogP contribution is 2.33. The van der Waals surface area contributed by atoms with Gasteiger partial charge in [-0.1, -0.05) is 22.9 Å². The number of nitrogens with one attached hydrogen (secondary N) is 1. The summed E-state index contributed by atoms with van der Waals surface area (Å²) in [5.41, 5.74) is 8.16. The summed E-state index contributed by atoms with van der Waals surface area (Å²) in [5, 5.41) is 3.30. The van der Waals surface area contributed by atoms with Crippen molar-refractivity contribution in [3.8, 4) is 5.75 Å². The Morgan fingerprint density at radius 1 is 1.33 bits per heavy atom. The van der Waals surface area contributed by atoms with Crippen molar-refractivity contribution in [1.29, 1.82) is 0 Å². The molecular formula is C15H17BrN4O. The Kier molecular flexibility index (Phi) is 3.96. The molecule has 0 radical (unpaired) electrons. The number of nitrogen functional groups attached to an aromatic ring is 1. The quantitative estimate of drug-likeness (QED) is 0.888. The van der Waals surface area contributed by atoms with E-state index in [0.717, 1.165) is 46.9 Å². The van der Waals surface area contributed by atoms with Crippen LogP contribution in [0.25, 0.3) is 0 Å². The van der Waals surface area contributed by atoms with E-state index >= 15 is 0 Å². The topological polar surface area (TPSA) is 73.1 Å². The molecule has 1 aromatic heterocycles. The molecule has 3 N–H and O–H groups in total. The maximum Gasteiger partial charge on any atom is 0.132 e. The number of rotatable bonds is 4. The normalized spacial score (nSPS) is 12.9. The molecule has 6 heteroatoms. The van der Waals surface area contributed by atoms with E-state index in [0.29, 0.717) is 12.4 Å². The van der Waals surface area contributed by atoms with Gasteiger partial charge in [0.1, 0.15) is 23.2 Å². The van der Waals surface area contributed by atoms with Crippen LogP contribution >= 0.6 is 15.9 Å². The van der Waals surface area contributed by atoms with Gasteiger partial charge in [0.25, 0.3) is 0 Å². The fourth-order valence-electron chi connectivity index (χ4n) is 2.43. The predicted octanol–water partition coefficient (Wildman–Crippen LogP) is 2.93. The molecule has 1 aliphatic rings. The summed E-state index contributed by atoms with van der Waals surface area (Å²) >= 11 is 3.55. The first-order chi connectivity index (χ1) is 10.2. The van der Waals surface area contributed by atoms with Gasteiger partial charge < -0.3 is 15.8 Å². The lowest BCUT2D eigenvalue weighted by molar-refractivity contribution is 0.354. The average Bonchev–Trinajstić information content (AvgIpc) is 2.92. The Labute approximate surface area is 132 Å². The van der Waals surface area contributed by atoms with Crippen LogP contribution in [0.15, 0.2) is 22.7 Å². The van der Waals surface area contributed by atoms with Crippen LogP contribution in [0, 0.1) is 0 Å². The van der Waals surface area contributed by atoms with Crippen molar-refractivity contribution in [3.05, 3.63) is 39.6 Å². The van der Waals surface area contributed by atoms with Gasteiger partial charge in [0.2, 0.25) is 0 Å². The lowest BCUT2D eigenvalue weighted by Crippen LogP contribution is -2.07. The Hall–Kier alpha value is -1.82. The van der Waals surface area contributed by atoms with E-state index in [4.69, 9.17) is 10.5 Å².